The van der Waals surface area contributed by atoms with Gasteiger partial charge in [-0.3, -0.25) is 0 Å². The maximum Gasteiger partial charge on any atom is 0.0457 e. The monoisotopic (exact) mass is 277 g/mol. The highest BCUT2D eigenvalue weighted by molar-refractivity contribution is 8.00. The van der Waals surface area contributed by atoms with Crippen LogP contribution in [0.4, 0.5) is 5.69 Å². The lowest BCUT2D eigenvalue weighted by atomic mass is 10.0. The van der Waals surface area contributed by atoms with E-state index in [-0.39, 0.29) is 0 Å². The molecule has 1 N–H and O–H groups in total. The molecule has 18 heavy (non-hydrogen) atoms. The zero-order valence-corrected chi connectivity index (χ0v) is 12.1. The van der Waals surface area contributed by atoms with Crippen molar-refractivity contribution in [3.05, 3.63) is 59.1 Å². The molecule has 1 nitrogen and oxygen atoms in total. The van der Waals surface area contributed by atoms with Crippen molar-refractivity contribution in [2.75, 3.05) is 4.72 Å². The van der Waals surface area contributed by atoms with E-state index in [4.69, 9.17) is 11.6 Å². The summed E-state index contributed by atoms with van der Waals surface area (Å²) in [7, 11) is 0. The highest BCUT2D eigenvalue weighted by atomic mass is 35.5. The molecule has 0 bridgehead atoms. The van der Waals surface area contributed by atoms with Gasteiger partial charge in [0.2, 0.25) is 0 Å². The van der Waals surface area contributed by atoms with Gasteiger partial charge in [0.05, 0.1) is 0 Å². The van der Waals surface area contributed by atoms with Gasteiger partial charge in [-0.05, 0) is 53.8 Å². The van der Waals surface area contributed by atoms with Crippen LogP contribution in [0.3, 0.4) is 0 Å². The molecule has 0 saturated carbocycles. The SMILES string of the molecule is CC(C)c1cccc(SNc2cccc(Cl)c2)c1. The van der Waals surface area contributed by atoms with E-state index in [1.165, 1.54) is 10.5 Å². The van der Waals surface area contributed by atoms with Crippen molar-refractivity contribution in [3.63, 3.8) is 0 Å². The Morgan fingerprint density at radius 1 is 1.06 bits per heavy atom. The molecule has 0 atom stereocenters. The van der Waals surface area contributed by atoms with Gasteiger partial charge in [0, 0.05) is 15.6 Å². The predicted molar refractivity (Wildman–Crippen MR) is 81.5 cm³/mol. The van der Waals surface area contributed by atoms with E-state index in [9.17, 15) is 0 Å². The Morgan fingerprint density at radius 3 is 2.56 bits per heavy atom. The molecule has 2 aromatic rings. The Bertz CT molecular complexity index is 525. The highest BCUT2D eigenvalue weighted by Gasteiger charge is 2.01. The second kappa shape index (κ2) is 6.17. The van der Waals surface area contributed by atoms with Gasteiger partial charge < -0.3 is 4.72 Å². The van der Waals surface area contributed by atoms with Crippen LogP contribution < -0.4 is 4.72 Å². The van der Waals surface area contributed by atoms with E-state index in [1.54, 1.807) is 11.9 Å². The summed E-state index contributed by atoms with van der Waals surface area (Å²) in [5, 5.41) is 0.747. The Hall–Kier alpha value is -1.12. The Labute approximate surface area is 118 Å². The topological polar surface area (TPSA) is 12.0 Å². The fourth-order valence-electron chi connectivity index (χ4n) is 1.61. The largest absolute Gasteiger partial charge is 0.326 e. The first-order chi connectivity index (χ1) is 8.65. The lowest BCUT2D eigenvalue weighted by Crippen LogP contribution is -1.89. The third-order valence-electron chi connectivity index (χ3n) is 2.64. The summed E-state index contributed by atoms with van der Waals surface area (Å²) in [6.45, 7) is 4.41. The maximum atomic E-state index is 5.94. The zero-order chi connectivity index (χ0) is 13.0. The molecule has 3 heteroatoms. The normalized spacial score (nSPS) is 10.7. The van der Waals surface area contributed by atoms with Gasteiger partial charge in [-0.2, -0.15) is 0 Å². The first-order valence-electron chi connectivity index (χ1n) is 5.93. The van der Waals surface area contributed by atoms with Crippen molar-refractivity contribution in [2.45, 2.75) is 24.7 Å². The molecule has 0 saturated heterocycles. The van der Waals surface area contributed by atoms with Crippen LogP contribution in [-0.2, 0) is 0 Å². The summed E-state index contributed by atoms with van der Waals surface area (Å²) in [6.07, 6.45) is 0. The first kappa shape index (κ1) is 13.3. The van der Waals surface area contributed by atoms with E-state index in [0.717, 1.165) is 10.7 Å². The van der Waals surface area contributed by atoms with Crippen molar-refractivity contribution < 1.29 is 0 Å². The molecule has 0 radical (unpaired) electrons. The van der Waals surface area contributed by atoms with Gasteiger partial charge in [0.25, 0.3) is 0 Å². The Morgan fingerprint density at radius 2 is 1.83 bits per heavy atom. The number of halogens is 1. The average Bonchev–Trinajstić information content (AvgIpc) is 2.37. The van der Waals surface area contributed by atoms with Crippen molar-refractivity contribution in [3.8, 4) is 0 Å². The van der Waals surface area contributed by atoms with Crippen LogP contribution in [-0.4, -0.2) is 0 Å². The fourth-order valence-corrected chi connectivity index (χ4v) is 2.50. The van der Waals surface area contributed by atoms with Crippen LogP contribution in [0.1, 0.15) is 25.3 Å². The molecule has 0 aliphatic carbocycles. The third-order valence-corrected chi connectivity index (χ3v) is 3.70. The van der Waals surface area contributed by atoms with E-state index >= 15 is 0 Å². The van der Waals surface area contributed by atoms with Crippen LogP contribution in [0.2, 0.25) is 5.02 Å². The predicted octanol–water partition coefficient (Wildman–Crippen LogP) is 5.58. The first-order valence-corrected chi connectivity index (χ1v) is 7.13. The number of rotatable bonds is 4. The summed E-state index contributed by atoms with van der Waals surface area (Å²) in [5.41, 5.74) is 2.37. The van der Waals surface area contributed by atoms with Gasteiger partial charge in [-0.25, -0.2) is 0 Å². The molecule has 94 valence electrons. The van der Waals surface area contributed by atoms with Crippen LogP contribution in [0.15, 0.2) is 53.4 Å². The van der Waals surface area contributed by atoms with Crippen LogP contribution in [0.5, 0.6) is 0 Å². The second-order valence-electron chi connectivity index (χ2n) is 4.44. The van der Waals surface area contributed by atoms with E-state index < -0.39 is 0 Å². The summed E-state index contributed by atoms with van der Waals surface area (Å²) in [5.74, 6) is 0.553. The molecular formula is C15H16ClNS. The van der Waals surface area contributed by atoms with Gasteiger partial charge >= 0.3 is 0 Å². The number of benzene rings is 2. The molecule has 0 aliphatic heterocycles. The smallest absolute Gasteiger partial charge is 0.0457 e. The number of nitrogens with one attached hydrogen (secondary N) is 1. The molecule has 0 aromatic heterocycles. The van der Waals surface area contributed by atoms with E-state index in [1.807, 2.05) is 24.3 Å². The lowest BCUT2D eigenvalue weighted by molar-refractivity contribution is 0.862. The molecule has 0 spiro atoms. The summed E-state index contributed by atoms with van der Waals surface area (Å²) in [4.78, 5) is 1.21. The Kier molecular flexibility index (Phi) is 4.56. The van der Waals surface area contributed by atoms with E-state index in [0.29, 0.717) is 5.92 Å². The molecular weight excluding hydrogens is 262 g/mol. The zero-order valence-electron chi connectivity index (χ0n) is 10.5. The summed E-state index contributed by atoms with van der Waals surface area (Å²) in [6, 6.07) is 16.3. The molecule has 2 rings (SSSR count). The number of hydrogen-bond acceptors (Lipinski definition) is 2. The molecule has 0 fully saturated rings. The lowest BCUT2D eigenvalue weighted by Gasteiger charge is -2.09. The maximum absolute atomic E-state index is 5.94. The molecule has 0 heterocycles. The fraction of sp³-hybridized carbons (Fsp3) is 0.200. The standard InChI is InChI=1S/C15H16ClNS/c1-11(2)12-5-3-8-15(9-12)18-17-14-7-4-6-13(16)10-14/h3-11,17H,1-2H3. The number of hydrogen-bond donors (Lipinski definition) is 1. The molecule has 0 aliphatic rings. The average molecular weight is 278 g/mol. The van der Waals surface area contributed by atoms with Gasteiger partial charge in [-0.1, -0.05) is 43.6 Å². The van der Waals surface area contributed by atoms with Gasteiger partial charge in [-0.15, -0.1) is 0 Å². The molecule has 0 amide bonds. The minimum atomic E-state index is 0.553. The van der Waals surface area contributed by atoms with Gasteiger partial charge in [0.1, 0.15) is 0 Å². The van der Waals surface area contributed by atoms with Crippen LogP contribution in [0.25, 0.3) is 0 Å². The highest BCUT2D eigenvalue weighted by Crippen LogP contribution is 2.25. The summed E-state index contributed by atoms with van der Waals surface area (Å²) < 4.78 is 3.30. The second-order valence-corrected chi connectivity index (χ2v) is 5.76. The Balaban J connectivity index is 2.04. The summed E-state index contributed by atoms with van der Waals surface area (Å²) >= 11 is 7.55. The van der Waals surface area contributed by atoms with Crippen molar-refractivity contribution in [1.82, 2.24) is 0 Å². The minimum absolute atomic E-state index is 0.553. The van der Waals surface area contributed by atoms with Crippen molar-refractivity contribution in [1.29, 1.82) is 0 Å². The molecule has 2 aromatic carbocycles. The van der Waals surface area contributed by atoms with Gasteiger partial charge in [0.15, 0.2) is 0 Å². The van der Waals surface area contributed by atoms with Crippen LogP contribution in [0, 0.1) is 0 Å². The van der Waals surface area contributed by atoms with E-state index in [2.05, 4.69) is 42.8 Å². The van der Waals surface area contributed by atoms with Crippen molar-refractivity contribution >= 4 is 29.2 Å². The quantitative estimate of drug-likeness (QED) is 0.732. The third kappa shape index (κ3) is 3.69. The number of anilines is 1. The van der Waals surface area contributed by atoms with Crippen LogP contribution >= 0.6 is 23.5 Å². The minimum Gasteiger partial charge on any atom is -0.326 e. The molecule has 0 unspecified atom stereocenters. The van der Waals surface area contributed by atoms with Crippen molar-refractivity contribution in [2.24, 2.45) is 0 Å².